The molecule has 2 aliphatic rings. The van der Waals surface area contributed by atoms with Crippen LogP contribution in [0, 0.1) is 0 Å². The number of nitrogens with zero attached hydrogens (tertiary/aromatic N) is 2. The molecular formula is C21H21Cl2N3O2. The van der Waals surface area contributed by atoms with Crippen LogP contribution in [0.1, 0.15) is 28.8 Å². The Morgan fingerprint density at radius 3 is 2.39 bits per heavy atom. The normalized spacial score (nSPS) is 19.1. The molecule has 2 aromatic carbocycles. The molecule has 2 heterocycles. The Hall–Kier alpha value is -2.08. The van der Waals surface area contributed by atoms with Gasteiger partial charge in [0.2, 0.25) is 5.91 Å². The monoisotopic (exact) mass is 417 g/mol. The number of carbonyl (C=O) groups is 2. The van der Waals surface area contributed by atoms with E-state index in [0.29, 0.717) is 54.8 Å². The van der Waals surface area contributed by atoms with Crippen LogP contribution in [0.5, 0.6) is 0 Å². The van der Waals surface area contributed by atoms with Crippen molar-refractivity contribution in [3.8, 4) is 0 Å². The van der Waals surface area contributed by atoms with E-state index in [1.54, 1.807) is 17.0 Å². The zero-order valence-electron chi connectivity index (χ0n) is 15.3. The Balaban J connectivity index is 1.48. The van der Waals surface area contributed by atoms with E-state index < -0.39 is 5.54 Å². The van der Waals surface area contributed by atoms with Crippen LogP contribution in [0.15, 0.2) is 48.5 Å². The van der Waals surface area contributed by atoms with Gasteiger partial charge >= 0.3 is 0 Å². The largest absolute Gasteiger partial charge is 0.342 e. The van der Waals surface area contributed by atoms with E-state index >= 15 is 0 Å². The molecule has 2 fully saturated rings. The molecule has 0 radical (unpaired) electrons. The lowest BCUT2D eigenvalue weighted by atomic mass is 9.85. The minimum Gasteiger partial charge on any atom is -0.342 e. The fraction of sp³-hybridized carbons (Fsp3) is 0.333. The average molecular weight is 418 g/mol. The maximum atomic E-state index is 12.8. The van der Waals surface area contributed by atoms with Gasteiger partial charge in [-0.3, -0.25) is 14.5 Å². The number of nitrogens with one attached hydrogen (secondary N) is 1. The number of rotatable bonds is 3. The molecule has 0 aromatic heterocycles. The summed E-state index contributed by atoms with van der Waals surface area (Å²) in [4.78, 5) is 29.5. The summed E-state index contributed by atoms with van der Waals surface area (Å²) in [5.41, 5.74) is 1.04. The molecule has 2 aliphatic heterocycles. The molecule has 28 heavy (non-hydrogen) atoms. The van der Waals surface area contributed by atoms with Crippen molar-refractivity contribution in [1.29, 1.82) is 0 Å². The van der Waals surface area contributed by atoms with Gasteiger partial charge in [0.1, 0.15) is 5.54 Å². The maximum absolute atomic E-state index is 12.8. The SMILES string of the molecule is O=C(c1ccccc1Cl)N1CCC2(CC1)C(=O)NCN2Cc1ccc(Cl)cc1. The van der Waals surface area contributed by atoms with Gasteiger partial charge in [-0.15, -0.1) is 0 Å². The second-order valence-corrected chi connectivity index (χ2v) is 8.14. The van der Waals surface area contributed by atoms with E-state index in [0.717, 1.165) is 5.56 Å². The lowest BCUT2D eigenvalue weighted by molar-refractivity contribution is -0.129. The number of hydrogen-bond donors (Lipinski definition) is 1. The van der Waals surface area contributed by atoms with Gasteiger partial charge in [-0.2, -0.15) is 0 Å². The minimum absolute atomic E-state index is 0.0475. The zero-order chi connectivity index (χ0) is 19.7. The summed E-state index contributed by atoms with van der Waals surface area (Å²) in [6, 6.07) is 14.8. The van der Waals surface area contributed by atoms with Gasteiger partial charge in [0.25, 0.3) is 5.91 Å². The minimum atomic E-state index is -0.573. The van der Waals surface area contributed by atoms with E-state index in [9.17, 15) is 9.59 Å². The summed E-state index contributed by atoms with van der Waals surface area (Å²) in [6.45, 7) is 2.22. The van der Waals surface area contributed by atoms with Crippen LogP contribution in [-0.2, 0) is 11.3 Å². The summed E-state index contributed by atoms with van der Waals surface area (Å²) in [5, 5.41) is 4.13. The van der Waals surface area contributed by atoms with E-state index in [1.807, 2.05) is 36.4 Å². The van der Waals surface area contributed by atoms with Gasteiger partial charge in [0, 0.05) is 24.7 Å². The third-order valence-electron chi connectivity index (χ3n) is 5.73. The number of amides is 2. The fourth-order valence-electron chi connectivity index (χ4n) is 4.07. The number of benzene rings is 2. The summed E-state index contributed by atoms with van der Waals surface area (Å²) < 4.78 is 0. The Labute approximate surface area is 174 Å². The molecule has 7 heteroatoms. The van der Waals surface area contributed by atoms with E-state index in [4.69, 9.17) is 23.2 Å². The third-order valence-corrected chi connectivity index (χ3v) is 6.31. The standard InChI is InChI=1S/C21H21Cl2N3O2/c22-16-7-5-15(6-8-16)13-26-14-24-20(28)21(26)9-11-25(12-10-21)19(27)17-3-1-2-4-18(17)23/h1-8H,9-14H2,(H,24,28). The van der Waals surface area contributed by atoms with Crippen LogP contribution < -0.4 is 5.32 Å². The number of likely N-dealkylation sites (tertiary alicyclic amines) is 1. The molecule has 0 bridgehead atoms. The van der Waals surface area contributed by atoms with Gasteiger partial charge in [-0.25, -0.2) is 0 Å². The molecule has 0 unspecified atom stereocenters. The smallest absolute Gasteiger partial charge is 0.255 e. The number of carbonyl (C=O) groups excluding carboxylic acids is 2. The highest BCUT2D eigenvalue weighted by molar-refractivity contribution is 6.33. The summed E-state index contributed by atoms with van der Waals surface area (Å²) >= 11 is 12.2. The van der Waals surface area contributed by atoms with Crippen molar-refractivity contribution in [1.82, 2.24) is 15.1 Å². The predicted molar refractivity (Wildman–Crippen MR) is 109 cm³/mol. The molecule has 0 saturated carbocycles. The predicted octanol–water partition coefficient (Wildman–Crippen LogP) is 3.56. The lowest BCUT2D eigenvalue weighted by Crippen LogP contribution is -2.56. The topological polar surface area (TPSA) is 52.7 Å². The first-order valence-corrected chi connectivity index (χ1v) is 10.1. The van der Waals surface area contributed by atoms with Crippen molar-refractivity contribution >= 4 is 35.0 Å². The van der Waals surface area contributed by atoms with Gasteiger partial charge in [0.05, 0.1) is 17.3 Å². The third kappa shape index (κ3) is 3.50. The maximum Gasteiger partial charge on any atom is 0.255 e. The van der Waals surface area contributed by atoms with Crippen molar-refractivity contribution in [3.63, 3.8) is 0 Å². The number of halogens is 2. The zero-order valence-corrected chi connectivity index (χ0v) is 16.8. The molecule has 2 amide bonds. The highest BCUT2D eigenvalue weighted by atomic mass is 35.5. The van der Waals surface area contributed by atoms with Crippen LogP contribution in [0.3, 0.4) is 0 Å². The molecule has 4 rings (SSSR count). The van der Waals surface area contributed by atoms with Crippen LogP contribution in [0.2, 0.25) is 10.0 Å². The van der Waals surface area contributed by atoms with Crippen molar-refractivity contribution in [3.05, 3.63) is 69.7 Å². The van der Waals surface area contributed by atoms with Crippen LogP contribution in [-0.4, -0.2) is 46.9 Å². The highest BCUT2D eigenvalue weighted by Gasteiger charge is 2.50. The van der Waals surface area contributed by atoms with Crippen LogP contribution >= 0.6 is 23.2 Å². The Morgan fingerprint density at radius 1 is 1.04 bits per heavy atom. The molecule has 1 N–H and O–H groups in total. The van der Waals surface area contributed by atoms with Gasteiger partial charge in [-0.1, -0.05) is 47.5 Å². The van der Waals surface area contributed by atoms with Gasteiger partial charge in [-0.05, 0) is 42.7 Å². The first-order chi connectivity index (χ1) is 13.5. The van der Waals surface area contributed by atoms with Crippen LogP contribution in [0.4, 0.5) is 0 Å². The molecule has 2 aromatic rings. The van der Waals surface area contributed by atoms with Crippen molar-refractivity contribution in [2.24, 2.45) is 0 Å². The summed E-state index contributed by atoms with van der Waals surface area (Å²) in [7, 11) is 0. The van der Waals surface area contributed by atoms with Gasteiger partial charge < -0.3 is 10.2 Å². The highest BCUT2D eigenvalue weighted by Crippen LogP contribution is 2.34. The van der Waals surface area contributed by atoms with Crippen LogP contribution in [0.25, 0.3) is 0 Å². The number of piperidine rings is 1. The second-order valence-electron chi connectivity index (χ2n) is 7.29. The molecule has 0 aliphatic carbocycles. The summed E-state index contributed by atoms with van der Waals surface area (Å²) in [6.07, 6.45) is 1.20. The number of hydrogen-bond acceptors (Lipinski definition) is 3. The molecule has 146 valence electrons. The molecule has 0 atom stereocenters. The lowest BCUT2D eigenvalue weighted by Gasteiger charge is -2.42. The van der Waals surface area contributed by atoms with Crippen molar-refractivity contribution < 1.29 is 9.59 Å². The molecule has 5 nitrogen and oxygen atoms in total. The fourth-order valence-corrected chi connectivity index (χ4v) is 4.41. The van der Waals surface area contributed by atoms with Crippen molar-refractivity contribution in [2.45, 2.75) is 24.9 Å². The molecule has 2 saturated heterocycles. The van der Waals surface area contributed by atoms with E-state index in [-0.39, 0.29) is 11.8 Å². The first kappa shape index (κ1) is 19.2. The Bertz CT molecular complexity index is 893. The first-order valence-electron chi connectivity index (χ1n) is 9.31. The second kappa shape index (κ2) is 7.74. The Morgan fingerprint density at radius 2 is 1.71 bits per heavy atom. The van der Waals surface area contributed by atoms with Gasteiger partial charge in [0.15, 0.2) is 0 Å². The molecule has 1 spiro atoms. The van der Waals surface area contributed by atoms with Crippen molar-refractivity contribution in [2.75, 3.05) is 19.8 Å². The molecular weight excluding hydrogens is 397 g/mol. The Kier molecular flexibility index (Phi) is 5.32. The average Bonchev–Trinajstić information content (AvgIpc) is 2.99. The van der Waals surface area contributed by atoms with E-state index in [2.05, 4.69) is 10.2 Å². The van der Waals surface area contributed by atoms with E-state index in [1.165, 1.54) is 0 Å². The quantitative estimate of drug-likeness (QED) is 0.830. The summed E-state index contributed by atoms with van der Waals surface area (Å²) in [5.74, 6) is -0.0330.